The third-order valence-electron chi connectivity index (χ3n) is 1.24. The molecule has 0 aliphatic carbocycles. The standard InChI is InChI=1S/C7H11N3S/c1-5(8)3-4-7-6(2)9-10-11-7/h3-5H,8H2,1-2H3/b4-3+. The van der Waals surface area contributed by atoms with Crippen LogP contribution in [0.25, 0.3) is 6.08 Å². The number of hydrogen-bond acceptors (Lipinski definition) is 4. The monoisotopic (exact) mass is 169 g/mol. The number of aromatic nitrogens is 2. The Balaban J connectivity index is 2.71. The molecule has 3 nitrogen and oxygen atoms in total. The van der Waals surface area contributed by atoms with Crippen LogP contribution in [0.5, 0.6) is 0 Å². The number of rotatable bonds is 2. The van der Waals surface area contributed by atoms with E-state index in [4.69, 9.17) is 5.73 Å². The Morgan fingerprint density at radius 2 is 2.36 bits per heavy atom. The summed E-state index contributed by atoms with van der Waals surface area (Å²) >= 11 is 1.39. The van der Waals surface area contributed by atoms with Gasteiger partial charge in [-0.1, -0.05) is 10.6 Å². The molecule has 2 N–H and O–H groups in total. The van der Waals surface area contributed by atoms with E-state index < -0.39 is 0 Å². The van der Waals surface area contributed by atoms with Crippen molar-refractivity contribution in [2.75, 3.05) is 0 Å². The SMILES string of the molecule is Cc1nnsc1/C=C/C(C)N. The van der Waals surface area contributed by atoms with E-state index >= 15 is 0 Å². The van der Waals surface area contributed by atoms with Crippen molar-refractivity contribution in [1.29, 1.82) is 0 Å². The maximum atomic E-state index is 5.54. The fourth-order valence-electron chi connectivity index (χ4n) is 0.631. The molecule has 0 bridgehead atoms. The number of hydrogen-bond donors (Lipinski definition) is 1. The van der Waals surface area contributed by atoms with E-state index in [1.807, 2.05) is 26.0 Å². The summed E-state index contributed by atoms with van der Waals surface area (Å²) in [5.41, 5.74) is 6.50. The van der Waals surface area contributed by atoms with Crippen molar-refractivity contribution >= 4 is 17.6 Å². The lowest BCUT2D eigenvalue weighted by atomic mass is 10.3. The van der Waals surface area contributed by atoms with E-state index in [0.29, 0.717) is 0 Å². The van der Waals surface area contributed by atoms with Crippen molar-refractivity contribution in [3.05, 3.63) is 16.6 Å². The molecule has 0 aromatic carbocycles. The zero-order valence-electron chi connectivity index (χ0n) is 6.61. The summed E-state index contributed by atoms with van der Waals surface area (Å²) in [6.45, 7) is 3.87. The van der Waals surface area contributed by atoms with Gasteiger partial charge in [0.15, 0.2) is 0 Å². The summed E-state index contributed by atoms with van der Waals surface area (Å²) < 4.78 is 3.80. The van der Waals surface area contributed by atoms with Crippen molar-refractivity contribution in [3.63, 3.8) is 0 Å². The molecule has 1 aromatic rings. The predicted molar refractivity (Wildman–Crippen MR) is 47.3 cm³/mol. The second kappa shape index (κ2) is 3.59. The van der Waals surface area contributed by atoms with Gasteiger partial charge in [-0.2, -0.15) is 0 Å². The van der Waals surface area contributed by atoms with E-state index in [0.717, 1.165) is 10.6 Å². The summed E-state index contributed by atoms with van der Waals surface area (Å²) in [5, 5.41) is 3.87. The number of nitrogens with two attached hydrogens (primary N) is 1. The van der Waals surface area contributed by atoms with Crippen LogP contribution in [0.15, 0.2) is 6.08 Å². The number of aryl methyl sites for hydroxylation is 1. The molecule has 1 unspecified atom stereocenters. The van der Waals surface area contributed by atoms with Crippen LogP contribution in [-0.4, -0.2) is 15.6 Å². The molecule has 0 radical (unpaired) electrons. The van der Waals surface area contributed by atoms with Gasteiger partial charge in [0.2, 0.25) is 0 Å². The molecule has 0 spiro atoms. The Morgan fingerprint density at radius 1 is 1.64 bits per heavy atom. The summed E-state index contributed by atoms with van der Waals surface area (Å²) in [5.74, 6) is 0. The highest BCUT2D eigenvalue weighted by Crippen LogP contribution is 2.10. The van der Waals surface area contributed by atoms with Crippen LogP contribution in [0.1, 0.15) is 17.5 Å². The highest BCUT2D eigenvalue weighted by molar-refractivity contribution is 7.06. The third-order valence-corrected chi connectivity index (χ3v) is 2.03. The predicted octanol–water partition coefficient (Wildman–Crippen LogP) is 1.21. The molecule has 1 atom stereocenters. The van der Waals surface area contributed by atoms with Crippen LogP contribution >= 0.6 is 11.5 Å². The maximum absolute atomic E-state index is 5.54. The fraction of sp³-hybridized carbons (Fsp3) is 0.429. The van der Waals surface area contributed by atoms with Gasteiger partial charge in [0.1, 0.15) is 0 Å². The zero-order chi connectivity index (χ0) is 8.27. The third kappa shape index (κ3) is 2.40. The Labute approximate surface area is 70.1 Å². The average Bonchev–Trinajstić information content (AvgIpc) is 2.31. The second-order valence-electron chi connectivity index (χ2n) is 2.44. The quantitative estimate of drug-likeness (QED) is 0.724. The van der Waals surface area contributed by atoms with E-state index in [1.54, 1.807) is 0 Å². The first-order chi connectivity index (χ1) is 5.20. The highest BCUT2D eigenvalue weighted by Gasteiger charge is 1.97. The molecule has 0 saturated carbocycles. The molecule has 1 aromatic heterocycles. The van der Waals surface area contributed by atoms with Crippen molar-refractivity contribution in [2.45, 2.75) is 19.9 Å². The number of nitrogens with zero attached hydrogens (tertiary/aromatic N) is 2. The summed E-state index contributed by atoms with van der Waals surface area (Å²) in [7, 11) is 0. The highest BCUT2D eigenvalue weighted by atomic mass is 32.1. The molecule has 0 fully saturated rings. The van der Waals surface area contributed by atoms with Crippen LogP contribution < -0.4 is 5.73 Å². The van der Waals surface area contributed by atoms with Gasteiger partial charge in [0.05, 0.1) is 10.6 Å². The molecule has 11 heavy (non-hydrogen) atoms. The minimum Gasteiger partial charge on any atom is -0.325 e. The van der Waals surface area contributed by atoms with Gasteiger partial charge in [-0.25, -0.2) is 0 Å². The van der Waals surface area contributed by atoms with Crippen LogP contribution in [0.4, 0.5) is 0 Å². The molecule has 0 amide bonds. The van der Waals surface area contributed by atoms with Gasteiger partial charge in [0.25, 0.3) is 0 Å². The minimum atomic E-state index is 0.0940. The van der Waals surface area contributed by atoms with Crippen molar-refractivity contribution in [1.82, 2.24) is 9.59 Å². The van der Waals surface area contributed by atoms with Gasteiger partial charge < -0.3 is 5.73 Å². The zero-order valence-corrected chi connectivity index (χ0v) is 7.43. The van der Waals surface area contributed by atoms with Crippen LogP contribution in [0.3, 0.4) is 0 Å². The first-order valence-electron chi connectivity index (χ1n) is 3.43. The molecule has 4 heteroatoms. The Bertz CT molecular complexity index is 252. The Morgan fingerprint density at radius 3 is 2.82 bits per heavy atom. The molecule has 1 rings (SSSR count). The Hall–Kier alpha value is -0.740. The topological polar surface area (TPSA) is 51.8 Å². The van der Waals surface area contributed by atoms with Gasteiger partial charge in [-0.05, 0) is 31.5 Å². The van der Waals surface area contributed by atoms with Crippen molar-refractivity contribution in [3.8, 4) is 0 Å². The van der Waals surface area contributed by atoms with E-state index in [9.17, 15) is 0 Å². The summed E-state index contributed by atoms with van der Waals surface area (Å²) in [6, 6.07) is 0.0940. The summed E-state index contributed by atoms with van der Waals surface area (Å²) in [4.78, 5) is 1.09. The van der Waals surface area contributed by atoms with Crippen LogP contribution in [0.2, 0.25) is 0 Å². The first kappa shape index (κ1) is 8.36. The molecule has 0 saturated heterocycles. The fourth-order valence-corrected chi connectivity index (χ4v) is 1.19. The largest absolute Gasteiger partial charge is 0.325 e. The maximum Gasteiger partial charge on any atom is 0.0797 e. The summed E-state index contributed by atoms with van der Waals surface area (Å²) in [6.07, 6.45) is 3.90. The molecule has 1 heterocycles. The van der Waals surface area contributed by atoms with Crippen LogP contribution in [0, 0.1) is 6.92 Å². The lowest BCUT2D eigenvalue weighted by molar-refractivity contribution is 0.931. The minimum absolute atomic E-state index is 0.0940. The molecule has 60 valence electrons. The smallest absolute Gasteiger partial charge is 0.0797 e. The Kier molecular flexibility index (Phi) is 2.73. The molecular formula is C7H11N3S. The van der Waals surface area contributed by atoms with E-state index in [1.165, 1.54) is 11.5 Å². The van der Waals surface area contributed by atoms with Crippen molar-refractivity contribution < 1.29 is 0 Å². The normalized spacial score (nSPS) is 14.1. The molecule has 0 aliphatic heterocycles. The average molecular weight is 169 g/mol. The lowest BCUT2D eigenvalue weighted by Gasteiger charge is -1.92. The molecular weight excluding hydrogens is 158 g/mol. The van der Waals surface area contributed by atoms with Gasteiger partial charge in [0, 0.05) is 6.04 Å². The van der Waals surface area contributed by atoms with Gasteiger partial charge >= 0.3 is 0 Å². The lowest BCUT2D eigenvalue weighted by Crippen LogP contribution is -2.09. The van der Waals surface area contributed by atoms with Gasteiger partial charge in [-0.3, -0.25) is 0 Å². The van der Waals surface area contributed by atoms with Crippen LogP contribution in [-0.2, 0) is 0 Å². The van der Waals surface area contributed by atoms with Gasteiger partial charge in [-0.15, -0.1) is 5.10 Å². The molecule has 0 aliphatic rings. The first-order valence-corrected chi connectivity index (χ1v) is 4.20. The van der Waals surface area contributed by atoms with Crippen molar-refractivity contribution in [2.24, 2.45) is 5.73 Å². The van der Waals surface area contributed by atoms with E-state index in [-0.39, 0.29) is 6.04 Å². The second-order valence-corrected chi connectivity index (χ2v) is 3.23. The van der Waals surface area contributed by atoms with E-state index in [2.05, 4.69) is 9.59 Å².